The molecule has 1 N–H and O–H groups in total. The standard InChI is InChI=1S/C9H13N3O3/c1-11(6-2-3-6)8(14)5-12-4-7(13)10-9(12)15/h6H,2-5H2,1H3,(H,10,13,15). The summed E-state index contributed by atoms with van der Waals surface area (Å²) in [5.41, 5.74) is 0. The molecule has 6 heteroatoms. The molecule has 0 radical (unpaired) electrons. The van der Waals surface area contributed by atoms with E-state index in [2.05, 4.69) is 5.32 Å². The number of hydrogen-bond acceptors (Lipinski definition) is 3. The zero-order valence-electron chi connectivity index (χ0n) is 8.52. The zero-order chi connectivity index (χ0) is 11.0. The van der Waals surface area contributed by atoms with Crippen molar-refractivity contribution < 1.29 is 14.4 Å². The molecule has 1 aliphatic carbocycles. The summed E-state index contributed by atoms with van der Waals surface area (Å²) < 4.78 is 0. The Bertz CT molecular complexity index is 325. The van der Waals surface area contributed by atoms with Gasteiger partial charge in [-0.2, -0.15) is 0 Å². The van der Waals surface area contributed by atoms with Gasteiger partial charge >= 0.3 is 6.03 Å². The Hall–Kier alpha value is -1.59. The molecule has 0 bridgehead atoms. The summed E-state index contributed by atoms with van der Waals surface area (Å²) in [4.78, 5) is 36.5. The summed E-state index contributed by atoms with van der Waals surface area (Å²) in [6, 6.07) is -0.142. The van der Waals surface area contributed by atoms with Gasteiger partial charge in [0.2, 0.25) is 11.8 Å². The molecular formula is C9H13N3O3. The van der Waals surface area contributed by atoms with Crippen molar-refractivity contribution in [2.75, 3.05) is 20.1 Å². The van der Waals surface area contributed by atoms with E-state index in [1.54, 1.807) is 11.9 Å². The third kappa shape index (κ3) is 2.08. The highest BCUT2D eigenvalue weighted by Crippen LogP contribution is 2.25. The molecule has 1 saturated carbocycles. The number of rotatable bonds is 3. The number of imide groups is 1. The Kier molecular flexibility index (Phi) is 2.34. The lowest BCUT2D eigenvalue weighted by Crippen LogP contribution is -2.40. The number of amides is 4. The van der Waals surface area contributed by atoms with Gasteiger partial charge < -0.3 is 9.80 Å². The van der Waals surface area contributed by atoms with Crippen molar-refractivity contribution in [1.82, 2.24) is 15.1 Å². The number of carbonyl (C=O) groups excluding carboxylic acids is 3. The van der Waals surface area contributed by atoms with Crippen LogP contribution >= 0.6 is 0 Å². The maximum atomic E-state index is 11.6. The summed E-state index contributed by atoms with van der Waals surface area (Å²) in [6.45, 7) is -0.0202. The smallest absolute Gasteiger partial charge is 0.325 e. The normalized spacial score (nSPS) is 20.5. The predicted octanol–water partition coefficient (Wildman–Crippen LogP) is -0.841. The maximum absolute atomic E-state index is 11.6. The molecule has 0 atom stereocenters. The van der Waals surface area contributed by atoms with Crippen LogP contribution in [0.1, 0.15) is 12.8 Å². The van der Waals surface area contributed by atoms with E-state index < -0.39 is 6.03 Å². The third-order valence-electron chi connectivity index (χ3n) is 2.68. The molecule has 1 heterocycles. The third-order valence-corrected chi connectivity index (χ3v) is 2.68. The van der Waals surface area contributed by atoms with Crippen molar-refractivity contribution in [1.29, 1.82) is 0 Å². The van der Waals surface area contributed by atoms with E-state index >= 15 is 0 Å². The lowest BCUT2D eigenvalue weighted by atomic mass is 10.4. The van der Waals surface area contributed by atoms with E-state index in [-0.39, 0.29) is 24.9 Å². The van der Waals surface area contributed by atoms with Crippen molar-refractivity contribution in [3.8, 4) is 0 Å². The largest absolute Gasteiger partial charge is 0.341 e. The molecular weight excluding hydrogens is 198 g/mol. The number of carbonyl (C=O) groups is 3. The van der Waals surface area contributed by atoms with E-state index in [4.69, 9.17) is 0 Å². The van der Waals surface area contributed by atoms with Crippen molar-refractivity contribution in [2.24, 2.45) is 0 Å². The minimum Gasteiger partial charge on any atom is -0.341 e. The molecule has 2 rings (SSSR count). The lowest BCUT2D eigenvalue weighted by molar-refractivity contribution is -0.130. The molecule has 1 saturated heterocycles. The number of urea groups is 1. The van der Waals surface area contributed by atoms with Crippen LogP contribution < -0.4 is 5.32 Å². The summed E-state index contributed by atoms with van der Waals surface area (Å²) >= 11 is 0. The van der Waals surface area contributed by atoms with Crippen molar-refractivity contribution in [2.45, 2.75) is 18.9 Å². The van der Waals surface area contributed by atoms with Crippen LogP contribution in [0.2, 0.25) is 0 Å². The topological polar surface area (TPSA) is 69.7 Å². The van der Waals surface area contributed by atoms with E-state index in [0.29, 0.717) is 6.04 Å². The molecule has 2 aliphatic rings. The maximum Gasteiger partial charge on any atom is 0.325 e. The Labute approximate surface area is 87.2 Å². The summed E-state index contributed by atoms with van der Waals surface area (Å²) in [5, 5.41) is 2.13. The van der Waals surface area contributed by atoms with Gasteiger partial charge in [0, 0.05) is 13.1 Å². The quantitative estimate of drug-likeness (QED) is 0.619. The first-order valence-electron chi connectivity index (χ1n) is 4.92. The molecule has 6 nitrogen and oxygen atoms in total. The molecule has 82 valence electrons. The summed E-state index contributed by atoms with van der Waals surface area (Å²) in [6.07, 6.45) is 2.07. The lowest BCUT2D eigenvalue weighted by Gasteiger charge is -2.19. The number of hydrogen-bond donors (Lipinski definition) is 1. The van der Waals surface area contributed by atoms with Crippen LogP contribution in [0.5, 0.6) is 0 Å². The Balaban J connectivity index is 1.88. The van der Waals surface area contributed by atoms with Gasteiger partial charge in [0.05, 0.1) is 0 Å². The zero-order valence-corrected chi connectivity index (χ0v) is 8.52. The molecule has 0 aromatic rings. The van der Waals surface area contributed by atoms with Crippen LogP contribution in [0, 0.1) is 0 Å². The highest BCUT2D eigenvalue weighted by atomic mass is 16.2. The molecule has 0 aromatic heterocycles. The molecule has 4 amide bonds. The fraction of sp³-hybridized carbons (Fsp3) is 0.667. The molecule has 2 fully saturated rings. The molecule has 0 unspecified atom stereocenters. The fourth-order valence-corrected chi connectivity index (χ4v) is 1.55. The van der Waals surface area contributed by atoms with E-state index in [0.717, 1.165) is 12.8 Å². The van der Waals surface area contributed by atoms with Crippen molar-refractivity contribution in [3.63, 3.8) is 0 Å². The van der Waals surface area contributed by atoms with Crippen LogP contribution in [0.25, 0.3) is 0 Å². The number of nitrogens with zero attached hydrogens (tertiary/aromatic N) is 2. The molecule has 0 spiro atoms. The number of likely N-dealkylation sites (N-methyl/N-ethyl adjacent to an activating group) is 1. The van der Waals surface area contributed by atoms with E-state index in [1.807, 2.05) is 0 Å². The van der Waals surface area contributed by atoms with Gasteiger partial charge in [0.15, 0.2) is 0 Å². The number of nitrogens with one attached hydrogen (secondary N) is 1. The second kappa shape index (κ2) is 3.52. The summed E-state index contributed by atoms with van der Waals surface area (Å²) in [7, 11) is 1.73. The first-order chi connectivity index (χ1) is 7.08. The van der Waals surface area contributed by atoms with Crippen molar-refractivity contribution in [3.05, 3.63) is 0 Å². The highest BCUT2D eigenvalue weighted by Gasteiger charge is 2.33. The van der Waals surface area contributed by atoms with E-state index in [1.165, 1.54) is 4.90 Å². The minimum absolute atomic E-state index is 0.00935. The first-order valence-corrected chi connectivity index (χ1v) is 4.92. The SMILES string of the molecule is CN(C(=O)CN1CC(=O)NC1=O)C1CC1. The molecule has 1 aliphatic heterocycles. The minimum atomic E-state index is -0.474. The average Bonchev–Trinajstić information content (AvgIpc) is 2.94. The Morgan fingerprint density at radius 3 is 2.67 bits per heavy atom. The van der Waals surface area contributed by atoms with Gasteiger partial charge in [-0.1, -0.05) is 0 Å². The highest BCUT2D eigenvalue weighted by molar-refractivity contribution is 6.03. The van der Waals surface area contributed by atoms with Crippen LogP contribution in [0.4, 0.5) is 4.79 Å². The van der Waals surface area contributed by atoms with Gasteiger partial charge in [-0.3, -0.25) is 14.9 Å². The van der Waals surface area contributed by atoms with Crippen LogP contribution in [0.15, 0.2) is 0 Å². The second-order valence-corrected chi connectivity index (χ2v) is 3.95. The molecule has 0 aromatic carbocycles. The van der Waals surface area contributed by atoms with Crippen LogP contribution in [0.3, 0.4) is 0 Å². The van der Waals surface area contributed by atoms with Crippen LogP contribution in [-0.4, -0.2) is 53.8 Å². The first kappa shape index (κ1) is 9.95. The van der Waals surface area contributed by atoms with Gasteiger partial charge in [0.25, 0.3) is 0 Å². The Morgan fingerprint density at radius 1 is 1.53 bits per heavy atom. The predicted molar refractivity (Wildman–Crippen MR) is 50.9 cm³/mol. The Morgan fingerprint density at radius 2 is 2.20 bits per heavy atom. The average molecular weight is 211 g/mol. The van der Waals surface area contributed by atoms with Gasteiger partial charge in [-0.15, -0.1) is 0 Å². The molecule has 15 heavy (non-hydrogen) atoms. The van der Waals surface area contributed by atoms with Gasteiger partial charge in [0.1, 0.15) is 13.1 Å². The van der Waals surface area contributed by atoms with E-state index in [9.17, 15) is 14.4 Å². The fourth-order valence-electron chi connectivity index (χ4n) is 1.55. The van der Waals surface area contributed by atoms with Gasteiger partial charge in [-0.05, 0) is 12.8 Å². The van der Waals surface area contributed by atoms with Crippen molar-refractivity contribution >= 4 is 17.8 Å². The summed E-state index contributed by atoms with van der Waals surface area (Å²) in [5.74, 6) is -0.454. The second-order valence-electron chi connectivity index (χ2n) is 3.95. The van der Waals surface area contributed by atoms with Crippen LogP contribution in [-0.2, 0) is 9.59 Å². The monoisotopic (exact) mass is 211 g/mol. The van der Waals surface area contributed by atoms with Gasteiger partial charge in [-0.25, -0.2) is 4.79 Å².